The van der Waals surface area contributed by atoms with Gasteiger partial charge in [0.1, 0.15) is 6.17 Å². The van der Waals surface area contributed by atoms with Gasteiger partial charge in [-0.05, 0) is 55.7 Å². The van der Waals surface area contributed by atoms with Gasteiger partial charge in [-0.3, -0.25) is 14.3 Å². The third-order valence-corrected chi connectivity index (χ3v) is 8.98. The van der Waals surface area contributed by atoms with Crippen molar-refractivity contribution in [1.82, 2.24) is 16.2 Å². The van der Waals surface area contributed by atoms with Crippen molar-refractivity contribution in [3.05, 3.63) is 65.7 Å². The van der Waals surface area contributed by atoms with Crippen LogP contribution >= 0.6 is 0 Å². The molecule has 5 unspecified atom stereocenters. The number of carbonyl (C=O) groups excluding carboxylic acids is 1. The van der Waals surface area contributed by atoms with Crippen molar-refractivity contribution < 1.29 is 18.8 Å². The topological polar surface area (TPSA) is 97.8 Å². The van der Waals surface area contributed by atoms with Crippen LogP contribution in [-0.2, 0) is 0 Å². The van der Waals surface area contributed by atoms with Crippen molar-refractivity contribution in [2.75, 3.05) is 38.6 Å². The number of amides is 1. The zero-order chi connectivity index (χ0) is 29.3. The van der Waals surface area contributed by atoms with Crippen LogP contribution in [0.5, 0.6) is 0 Å². The summed E-state index contributed by atoms with van der Waals surface area (Å²) in [7, 11) is 2.24. The van der Waals surface area contributed by atoms with E-state index >= 15 is 4.39 Å². The highest BCUT2D eigenvalue weighted by atomic mass is 19.1. The molecule has 1 fully saturated rings. The number of hydrogen-bond acceptors (Lipinski definition) is 6. The fourth-order valence-electron chi connectivity index (χ4n) is 6.64. The molecule has 0 bridgehead atoms. The summed E-state index contributed by atoms with van der Waals surface area (Å²) in [6, 6.07) is 16.9. The van der Waals surface area contributed by atoms with Crippen LogP contribution in [0.4, 0.5) is 10.1 Å². The summed E-state index contributed by atoms with van der Waals surface area (Å²) in [5, 5.41) is 16.2. The smallest absolute Gasteiger partial charge is 0.251 e. The van der Waals surface area contributed by atoms with E-state index in [1.807, 2.05) is 54.7 Å². The number of likely N-dealkylation sites (N-methyl/N-ethyl adjacent to an activating group) is 1. The molecule has 0 aromatic heterocycles. The SMILES string of the molecule is CCCC[N+]1(C)C(CNc2cccc(C(=O)N[C@@H](CCO)c3ccccc3)c2)NNC1C1(CCC)CC=NCC1F. The number of quaternary nitrogens is 1. The fraction of sp³-hybridized carbons (Fsp3) is 0.562. The van der Waals surface area contributed by atoms with Crippen molar-refractivity contribution in [2.24, 2.45) is 10.4 Å². The summed E-state index contributed by atoms with van der Waals surface area (Å²) in [6.45, 7) is 6.07. The van der Waals surface area contributed by atoms with E-state index in [2.05, 4.69) is 47.4 Å². The van der Waals surface area contributed by atoms with E-state index < -0.39 is 11.6 Å². The molecule has 0 spiro atoms. The number of hydrogen-bond donors (Lipinski definition) is 5. The number of aliphatic hydroxyl groups is 1. The zero-order valence-corrected chi connectivity index (χ0v) is 24.8. The molecular weight excluding hydrogens is 519 g/mol. The maximum Gasteiger partial charge on any atom is 0.251 e. The Kier molecular flexibility index (Phi) is 10.9. The monoisotopic (exact) mass is 567 g/mol. The summed E-state index contributed by atoms with van der Waals surface area (Å²) in [4.78, 5) is 17.5. The van der Waals surface area contributed by atoms with E-state index in [0.29, 0.717) is 29.4 Å². The first-order valence-corrected chi connectivity index (χ1v) is 15.2. The lowest BCUT2D eigenvalue weighted by Crippen LogP contribution is -2.66. The summed E-state index contributed by atoms with van der Waals surface area (Å²) in [5.41, 5.74) is 8.91. The summed E-state index contributed by atoms with van der Waals surface area (Å²) >= 11 is 0. The maximum absolute atomic E-state index is 15.7. The van der Waals surface area contributed by atoms with Crippen molar-refractivity contribution in [3.8, 4) is 0 Å². The van der Waals surface area contributed by atoms with Crippen molar-refractivity contribution in [2.45, 2.75) is 76.9 Å². The second-order valence-corrected chi connectivity index (χ2v) is 11.7. The molecular formula is C32H48FN6O2+. The van der Waals surface area contributed by atoms with Gasteiger partial charge in [0.2, 0.25) is 0 Å². The number of nitrogens with zero attached hydrogens (tertiary/aromatic N) is 2. The largest absolute Gasteiger partial charge is 0.396 e. The van der Waals surface area contributed by atoms with Crippen LogP contribution < -0.4 is 21.5 Å². The Labute approximate surface area is 244 Å². The number of anilines is 1. The highest BCUT2D eigenvalue weighted by molar-refractivity contribution is 5.95. The number of unbranched alkanes of at least 4 members (excludes halogenated alkanes) is 1. The van der Waals surface area contributed by atoms with E-state index in [0.717, 1.165) is 43.5 Å². The molecule has 2 aromatic carbocycles. The third-order valence-electron chi connectivity index (χ3n) is 8.98. The predicted octanol–water partition coefficient (Wildman–Crippen LogP) is 4.56. The lowest BCUT2D eigenvalue weighted by molar-refractivity contribution is -0.952. The molecule has 5 N–H and O–H groups in total. The van der Waals surface area contributed by atoms with E-state index in [9.17, 15) is 9.90 Å². The van der Waals surface area contributed by atoms with Gasteiger partial charge in [0.05, 0.1) is 38.1 Å². The second-order valence-electron chi connectivity index (χ2n) is 11.7. The van der Waals surface area contributed by atoms with Crippen LogP contribution in [0.15, 0.2) is 59.6 Å². The molecule has 2 aliphatic heterocycles. The van der Waals surface area contributed by atoms with E-state index in [1.165, 1.54) is 0 Å². The molecule has 6 atom stereocenters. The van der Waals surface area contributed by atoms with Crippen molar-refractivity contribution in [3.63, 3.8) is 0 Å². The Morgan fingerprint density at radius 1 is 1.17 bits per heavy atom. The molecule has 0 radical (unpaired) electrons. The molecule has 1 amide bonds. The van der Waals surface area contributed by atoms with Crippen molar-refractivity contribution >= 4 is 17.8 Å². The summed E-state index contributed by atoms with van der Waals surface area (Å²) in [5.74, 6) is -0.185. The number of aliphatic imine (C=N–C) groups is 1. The Balaban J connectivity index is 1.48. The molecule has 4 rings (SSSR count). The molecule has 0 saturated carbocycles. The lowest BCUT2D eigenvalue weighted by atomic mass is 9.71. The first-order chi connectivity index (χ1) is 19.9. The minimum absolute atomic E-state index is 0.0100. The van der Waals surface area contributed by atoms with Gasteiger partial charge >= 0.3 is 0 Å². The average molecular weight is 568 g/mol. The van der Waals surface area contributed by atoms with Gasteiger partial charge in [-0.25, -0.2) is 4.39 Å². The molecule has 1 saturated heterocycles. The Morgan fingerprint density at radius 2 is 1.98 bits per heavy atom. The predicted molar refractivity (Wildman–Crippen MR) is 163 cm³/mol. The van der Waals surface area contributed by atoms with Gasteiger partial charge in [-0.1, -0.05) is 63.1 Å². The highest BCUT2D eigenvalue weighted by Gasteiger charge is 2.59. The average Bonchev–Trinajstić information content (AvgIpc) is 3.32. The van der Waals surface area contributed by atoms with Crippen LogP contribution in [0.1, 0.15) is 74.3 Å². The normalized spacial score (nSPS) is 28.4. The number of aliphatic hydroxyl groups excluding tert-OH is 1. The van der Waals surface area contributed by atoms with Crippen LogP contribution in [0, 0.1) is 5.41 Å². The van der Waals surface area contributed by atoms with E-state index in [-0.39, 0.29) is 37.4 Å². The number of alkyl halides is 1. The minimum Gasteiger partial charge on any atom is -0.396 e. The van der Waals surface area contributed by atoms with Gasteiger partial charge in [0.25, 0.3) is 5.91 Å². The van der Waals surface area contributed by atoms with Gasteiger partial charge in [-0.15, -0.1) is 0 Å². The quantitative estimate of drug-likeness (QED) is 0.216. The molecule has 9 heteroatoms. The van der Waals surface area contributed by atoms with Crippen LogP contribution in [0.25, 0.3) is 0 Å². The zero-order valence-electron chi connectivity index (χ0n) is 24.8. The molecule has 41 heavy (non-hydrogen) atoms. The minimum atomic E-state index is -0.988. The number of hydrazine groups is 1. The van der Waals surface area contributed by atoms with Crippen LogP contribution in [0.2, 0.25) is 0 Å². The third kappa shape index (κ3) is 6.97. The first kappa shape index (κ1) is 31.1. The van der Waals surface area contributed by atoms with Crippen LogP contribution in [0.3, 0.4) is 0 Å². The Morgan fingerprint density at radius 3 is 2.68 bits per heavy atom. The molecule has 2 heterocycles. The molecule has 0 aliphatic carbocycles. The molecule has 8 nitrogen and oxygen atoms in total. The van der Waals surface area contributed by atoms with Gasteiger partial charge in [-0.2, -0.15) is 10.9 Å². The Bertz CT molecular complexity index is 1150. The first-order valence-electron chi connectivity index (χ1n) is 15.2. The second kappa shape index (κ2) is 14.4. The van der Waals surface area contributed by atoms with Crippen molar-refractivity contribution in [1.29, 1.82) is 0 Å². The molecule has 224 valence electrons. The van der Waals surface area contributed by atoms with Gasteiger partial charge in [0.15, 0.2) is 12.3 Å². The maximum atomic E-state index is 15.7. The fourth-order valence-corrected chi connectivity index (χ4v) is 6.64. The number of benzene rings is 2. The summed E-state index contributed by atoms with van der Waals surface area (Å²) < 4.78 is 16.4. The summed E-state index contributed by atoms with van der Waals surface area (Å²) in [6.07, 6.45) is 5.77. The van der Waals surface area contributed by atoms with Crippen LogP contribution in [-0.4, -0.2) is 73.5 Å². The number of halogens is 1. The highest BCUT2D eigenvalue weighted by Crippen LogP contribution is 2.44. The number of carbonyl (C=O) groups is 1. The Hall–Kier alpha value is -2.85. The molecule has 2 aromatic rings. The molecule has 2 aliphatic rings. The standard InChI is InChI=1S/C32H47FN6O2/c1-4-6-19-39(3)29(37-38-31(39)32(16-5-2)17-18-34-22-28(32)33)23-35-26-14-10-13-25(21-26)30(41)36-27(15-20-40)24-11-8-7-9-12-24/h7-14,18,21,27-29,31,35,37-38,40H,4-6,15-17,19-20,22-23H2,1-3H3/p+1/t27-,28?,29?,31?,32?,39?/m0/s1. The number of rotatable bonds is 14. The van der Waals surface area contributed by atoms with Gasteiger partial charge in [0, 0.05) is 17.9 Å². The van der Waals surface area contributed by atoms with E-state index in [4.69, 9.17) is 0 Å². The lowest BCUT2D eigenvalue weighted by Gasteiger charge is -2.49. The van der Waals surface area contributed by atoms with Gasteiger partial charge < -0.3 is 15.7 Å². The number of nitrogens with one attached hydrogen (secondary N) is 4. The van der Waals surface area contributed by atoms with E-state index in [1.54, 1.807) is 6.07 Å².